The predicted octanol–water partition coefficient (Wildman–Crippen LogP) is 4.34. The van der Waals surface area contributed by atoms with Crippen LogP contribution in [0.1, 0.15) is 12.8 Å². The number of benzene rings is 1. The molecule has 2 heterocycles. The molecule has 0 saturated carbocycles. The second-order valence-electron chi connectivity index (χ2n) is 4.95. The summed E-state index contributed by atoms with van der Waals surface area (Å²) in [5.74, 6) is 0.286. The molecule has 5 nitrogen and oxygen atoms in total. The maximum Gasteiger partial charge on any atom is 0.226 e. The molecular formula is C17H15FN2O3S. The third-order valence-corrected chi connectivity index (χ3v) is 3.92. The highest BCUT2D eigenvalue weighted by Crippen LogP contribution is 2.25. The van der Waals surface area contributed by atoms with Gasteiger partial charge >= 0.3 is 0 Å². The third-order valence-electron chi connectivity index (χ3n) is 3.17. The van der Waals surface area contributed by atoms with Crippen LogP contribution in [-0.4, -0.2) is 17.5 Å². The van der Waals surface area contributed by atoms with E-state index in [0.717, 1.165) is 0 Å². The summed E-state index contributed by atoms with van der Waals surface area (Å²) in [6.07, 6.45) is 2.32. The Balaban J connectivity index is 1.42. The van der Waals surface area contributed by atoms with Crippen molar-refractivity contribution in [2.24, 2.45) is 0 Å². The zero-order valence-corrected chi connectivity index (χ0v) is 13.5. The average molecular weight is 346 g/mol. The topological polar surface area (TPSA) is 64.4 Å². The van der Waals surface area contributed by atoms with Crippen molar-refractivity contribution < 1.29 is 18.3 Å². The molecule has 24 heavy (non-hydrogen) atoms. The molecule has 124 valence electrons. The fourth-order valence-electron chi connectivity index (χ4n) is 2.03. The van der Waals surface area contributed by atoms with Crippen LogP contribution in [0, 0.1) is 5.82 Å². The van der Waals surface area contributed by atoms with E-state index >= 15 is 0 Å². The Morgan fingerprint density at radius 2 is 2.17 bits per heavy atom. The number of furan rings is 1. The molecule has 7 heteroatoms. The molecule has 0 aliphatic heterocycles. The highest BCUT2D eigenvalue weighted by Gasteiger charge is 2.10. The lowest BCUT2D eigenvalue weighted by Crippen LogP contribution is -2.12. The summed E-state index contributed by atoms with van der Waals surface area (Å²) in [7, 11) is 0. The molecule has 0 fully saturated rings. The first-order chi connectivity index (χ1) is 11.7. The lowest BCUT2D eigenvalue weighted by molar-refractivity contribution is -0.116. The standard InChI is InChI=1S/C17H15FN2O3S/c18-12-5-1-2-6-14(12)22-10-4-8-16(21)20-17-19-13(11-24-17)15-7-3-9-23-15/h1-3,5-7,9,11H,4,8,10H2,(H,19,20,21). The Bertz CT molecular complexity index is 802. The molecule has 0 spiro atoms. The van der Waals surface area contributed by atoms with Crippen molar-refractivity contribution >= 4 is 22.4 Å². The van der Waals surface area contributed by atoms with Gasteiger partial charge in [0.05, 0.1) is 12.9 Å². The van der Waals surface area contributed by atoms with Crippen molar-refractivity contribution in [2.75, 3.05) is 11.9 Å². The molecule has 0 atom stereocenters. The summed E-state index contributed by atoms with van der Waals surface area (Å²) in [4.78, 5) is 16.2. The molecule has 0 bridgehead atoms. The number of thiazole rings is 1. The number of nitrogens with one attached hydrogen (secondary N) is 1. The van der Waals surface area contributed by atoms with Crippen LogP contribution in [0.5, 0.6) is 5.75 Å². The number of aromatic nitrogens is 1. The van der Waals surface area contributed by atoms with Gasteiger partial charge in [0.25, 0.3) is 0 Å². The van der Waals surface area contributed by atoms with E-state index in [2.05, 4.69) is 10.3 Å². The molecule has 0 unspecified atom stereocenters. The number of nitrogens with zero attached hydrogens (tertiary/aromatic N) is 1. The summed E-state index contributed by atoms with van der Waals surface area (Å²) in [5.41, 5.74) is 0.684. The maximum atomic E-state index is 13.4. The number of para-hydroxylation sites is 1. The van der Waals surface area contributed by atoms with Crippen molar-refractivity contribution in [3.8, 4) is 17.2 Å². The number of carbonyl (C=O) groups excluding carboxylic acids is 1. The minimum Gasteiger partial charge on any atom is -0.491 e. The zero-order valence-electron chi connectivity index (χ0n) is 12.7. The van der Waals surface area contributed by atoms with Gasteiger partial charge in [0.1, 0.15) is 5.69 Å². The van der Waals surface area contributed by atoms with E-state index in [1.165, 1.54) is 17.4 Å². The highest BCUT2D eigenvalue weighted by molar-refractivity contribution is 7.14. The van der Waals surface area contributed by atoms with Gasteiger partial charge in [0.15, 0.2) is 22.5 Å². The molecule has 0 aliphatic rings. The van der Waals surface area contributed by atoms with Crippen molar-refractivity contribution in [3.05, 3.63) is 53.9 Å². The van der Waals surface area contributed by atoms with Crippen LogP contribution >= 0.6 is 11.3 Å². The summed E-state index contributed by atoms with van der Waals surface area (Å²) >= 11 is 1.33. The second-order valence-corrected chi connectivity index (χ2v) is 5.80. The maximum absolute atomic E-state index is 13.4. The van der Waals surface area contributed by atoms with Crippen LogP contribution in [0.25, 0.3) is 11.5 Å². The summed E-state index contributed by atoms with van der Waals surface area (Å²) in [6.45, 7) is 0.268. The number of hydrogen-bond acceptors (Lipinski definition) is 5. The molecule has 0 radical (unpaired) electrons. The minimum absolute atomic E-state index is 0.160. The normalized spacial score (nSPS) is 10.5. The van der Waals surface area contributed by atoms with Gasteiger partial charge in [-0.25, -0.2) is 9.37 Å². The Kier molecular flexibility index (Phi) is 5.22. The molecule has 0 aliphatic carbocycles. The van der Waals surface area contributed by atoms with Crippen LogP contribution < -0.4 is 10.1 Å². The van der Waals surface area contributed by atoms with Crippen molar-refractivity contribution in [1.29, 1.82) is 0 Å². The van der Waals surface area contributed by atoms with Gasteiger partial charge in [0, 0.05) is 11.8 Å². The van der Waals surface area contributed by atoms with E-state index in [4.69, 9.17) is 9.15 Å². The Hall–Kier alpha value is -2.67. The van der Waals surface area contributed by atoms with Gasteiger partial charge in [-0.1, -0.05) is 12.1 Å². The zero-order chi connectivity index (χ0) is 16.8. The quantitative estimate of drug-likeness (QED) is 0.646. The first-order valence-corrected chi connectivity index (χ1v) is 8.27. The number of ether oxygens (including phenoxy) is 1. The Labute approximate surface area is 142 Å². The monoisotopic (exact) mass is 346 g/mol. The predicted molar refractivity (Wildman–Crippen MR) is 89.6 cm³/mol. The van der Waals surface area contributed by atoms with Gasteiger partial charge in [-0.15, -0.1) is 11.3 Å². The van der Waals surface area contributed by atoms with E-state index in [9.17, 15) is 9.18 Å². The summed E-state index contributed by atoms with van der Waals surface area (Å²) in [5, 5.41) is 5.06. The molecule has 0 saturated heterocycles. The number of anilines is 1. The fraction of sp³-hybridized carbons (Fsp3) is 0.176. The number of halogens is 1. The number of rotatable bonds is 7. The van der Waals surface area contributed by atoms with E-state index in [-0.39, 0.29) is 24.7 Å². The van der Waals surface area contributed by atoms with Crippen molar-refractivity contribution in [1.82, 2.24) is 4.98 Å². The molecule has 1 N–H and O–H groups in total. The van der Waals surface area contributed by atoms with Crippen molar-refractivity contribution in [3.63, 3.8) is 0 Å². The Morgan fingerprint density at radius 3 is 2.96 bits per heavy atom. The van der Waals surface area contributed by atoms with E-state index in [1.807, 2.05) is 5.38 Å². The highest BCUT2D eigenvalue weighted by atomic mass is 32.1. The summed E-state index contributed by atoms with van der Waals surface area (Å²) in [6, 6.07) is 9.77. The van der Waals surface area contributed by atoms with Crippen molar-refractivity contribution in [2.45, 2.75) is 12.8 Å². The first kappa shape index (κ1) is 16.2. The number of amides is 1. The van der Waals surface area contributed by atoms with Gasteiger partial charge < -0.3 is 14.5 Å². The van der Waals surface area contributed by atoms with Crippen LogP contribution in [-0.2, 0) is 4.79 Å². The van der Waals surface area contributed by atoms with Crippen LogP contribution in [0.15, 0.2) is 52.5 Å². The molecule has 1 amide bonds. The van der Waals surface area contributed by atoms with E-state index in [1.54, 1.807) is 36.6 Å². The Morgan fingerprint density at radius 1 is 1.29 bits per heavy atom. The SMILES string of the molecule is O=C(CCCOc1ccccc1F)Nc1nc(-c2ccco2)cs1. The third kappa shape index (κ3) is 4.20. The van der Waals surface area contributed by atoms with Gasteiger partial charge in [-0.2, -0.15) is 0 Å². The van der Waals surface area contributed by atoms with Crippen LogP contribution in [0.3, 0.4) is 0 Å². The lowest BCUT2D eigenvalue weighted by atomic mass is 10.3. The van der Waals surface area contributed by atoms with E-state index in [0.29, 0.717) is 23.0 Å². The van der Waals surface area contributed by atoms with Crippen LogP contribution in [0.4, 0.5) is 9.52 Å². The molecular weight excluding hydrogens is 331 g/mol. The number of carbonyl (C=O) groups is 1. The van der Waals surface area contributed by atoms with E-state index < -0.39 is 5.82 Å². The second kappa shape index (κ2) is 7.74. The van der Waals surface area contributed by atoms with Crippen LogP contribution in [0.2, 0.25) is 0 Å². The smallest absolute Gasteiger partial charge is 0.226 e. The lowest BCUT2D eigenvalue weighted by Gasteiger charge is -2.06. The van der Waals surface area contributed by atoms with Gasteiger partial charge in [0.2, 0.25) is 5.91 Å². The molecule has 3 aromatic rings. The van der Waals surface area contributed by atoms with Gasteiger partial charge in [-0.05, 0) is 30.7 Å². The minimum atomic E-state index is -0.407. The number of hydrogen-bond donors (Lipinski definition) is 1. The molecule has 1 aromatic carbocycles. The first-order valence-electron chi connectivity index (χ1n) is 7.39. The molecule has 3 rings (SSSR count). The summed E-state index contributed by atoms with van der Waals surface area (Å²) < 4.78 is 23.9. The largest absolute Gasteiger partial charge is 0.491 e. The molecule has 2 aromatic heterocycles. The fourth-order valence-corrected chi connectivity index (χ4v) is 2.74. The average Bonchev–Trinajstić information content (AvgIpc) is 3.24. The van der Waals surface area contributed by atoms with Gasteiger partial charge in [-0.3, -0.25) is 4.79 Å².